The van der Waals surface area contributed by atoms with Crippen molar-refractivity contribution in [3.63, 3.8) is 0 Å². The summed E-state index contributed by atoms with van der Waals surface area (Å²) in [6, 6.07) is 19.6. The van der Waals surface area contributed by atoms with Crippen molar-refractivity contribution in [2.24, 2.45) is 5.92 Å². The number of piperidine rings is 1. The monoisotopic (exact) mass is 415 g/mol. The normalized spacial score (nSPS) is 28.3. The molecule has 0 aromatic heterocycles. The number of rotatable bonds is 4. The van der Waals surface area contributed by atoms with Gasteiger partial charge < -0.3 is 5.11 Å². The SMILES string of the molecule is Br.C[C@H]1C[C@@H]2C[C@](c3cccc(O)c3)(CCN2CCc2ccccc2)C1. The van der Waals surface area contributed by atoms with Crippen LogP contribution < -0.4 is 0 Å². The van der Waals surface area contributed by atoms with Crippen LogP contribution in [0.4, 0.5) is 0 Å². The third kappa shape index (κ3) is 3.99. The molecule has 2 aliphatic rings. The van der Waals surface area contributed by atoms with E-state index < -0.39 is 0 Å². The third-order valence-corrected chi connectivity index (χ3v) is 6.42. The van der Waals surface area contributed by atoms with Crippen molar-refractivity contribution < 1.29 is 5.11 Å². The molecule has 2 nitrogen and oxygen atoms in total. The topological polar surface area (TPSA) is 23.5 Å². The molecular formula is C23H30BrNO. The van der Waals surface area contributed by atoms with E-state index in [4.69, 9.17) is 0 Å². The summed E-state index contributed by atoms with van der Waals surface area (Å²) in [6.07, 6.45) is 6.18. The molecule has 140 valence electrons. The highest BCUT2D eigenvalue weighted by Gasteiger charge is 2.45. The first-order valence-corrected chi connectivity index (χ1v) is 9.72. The minimum atomic E-state index is 0. The number of fused-ring (bicyclic) bond motifs is 2. The molecule has 26 heavy (non-hydrogen) atoms. The van der Waals surface area contributed by atoms with Crippen LogP contribution >= 0.6 is 17.0 Å². The molecule has 1 heterocycles. The predicted molar refractivity (Wildman–Crippen MR) is 113 cm³/mol. The summed E-state index contributed by atoms with van der Waals surface area (Å²) in [6.45, 7) is 4.75. The van der Waals surface area contributed by atoms with Crippen molar-refractivity contribution in [3.05, 3.63) is 65.7 Å². The van der Waals surface area contributed by atoms with Gasteiger partial charge in [-0.2, -0.15) is 0 Å². The smallest absolute Gasteiger partial charge is 0.115 e. The zero-order valence-corrected chi connectivity index (χ0v) is 17.3. The second-order valence-electron chi connectivity index (χ2n) is 8.26. The molecule has 2 bridgehead atoms. The lowest BCUT2D eigenvalue weighted by molar-refractivity contribution is 0.0299. The van der Waals surface area contributed by atoms with Crippen LogP contribution in [0.15, 0.2) is 54.6 Å². The molecule has 1 N–H and O–H groups in total. The summed E-state index contributed by atoms with van der Waals surface area (Å²) in [5.41, 5.74) is 3.06. The lowest BCUT2D eigenvalue weighted by Crippen LogP contribution is -2.53. The Hall–Kier alpha value is -1.32. The van der Waals surface area contributed by atoms with Crippen molar-refractivity contribution in [3.8, 4) is 5.75 Å². The number of hydrogen-bond donors (Lipinski definition) is 1. The van der Waals surface area contributed by atoms with Gasteiger partial charge in [0.25, 0.3) is 0 Å². The van der Waals surface area contributed by atoms with E-state index in [1.54, 1.807) is 6.07 Å². The molecule has 1 aliphatic carbocycles. The Morgan fingerprint density at radius 3 is 2.65 bits per heavy atom. The molecule has 3 heteroatoms. The summed E-state index contributed by atoms with van der Waals surface area (Å²) in [7, 11) is 0. The maximum atomic E-state index is 9.96. The average molecular weight is 416 g/mol. The maximum Gasteiger partial charge on any atom is 0.115 e. The van der Waals surface area contributed by atoms with Crippen molar-refractivity contribution in [2.45, 2.75) is 50.5 Å². The van der Waals surface area contributed by atoms with Gasteiger partial charge in [-0.15, -0.1) is 17.0 Å². The van der Waals surface area contributed by atoms with Gasteiger partial charge in [0.2, 0.25) is 0 Å². The van der Waals surface area contributed by atoms with Crippen LogP contribution in [-0.4, -0.2) is 29.1 Å². The summed E-state index contributed by atoms with van der Waals surface area (Å²) < 4.78 is 0. The first kappa shape index (κ1) is 19.4. The minimum Gasteiger partial charge on any atom is -0.508 e. The van der Waals surface area contributed by atoms with Gasteiger partial charge in [0.05, 0.1) is 0 Å². The molecule has 1 aliphatic heterocycles. The first-order valence-electron chi connectivity index (χ1n) is 9.72. The number of likely N-dealkylation sites (tertiary alicyclic amines) is 1. The van der Waals surface area contributed by atoms with Gasteiger partial charge in [-0.05, 0) is 73.2 Å². The quantitative estimate of drug-likeness (QED) is 0.727. The molecule has 2 aromatic carbocycles. The molecular weight excluding hydrogens is 386 g/mol. The maximum absolute atomic E-state index is 9.96. The first-order chi connectivity index (χ1) is 12.1. The molecule has 0 radical (unpaired) electrons. The summed E-state index contributed by atoms with van der Waals surface area (Å²) in [4.78, 5) is 2.73. The number of phenols is 1. The Morgan fingerprint density at radius 2 is 1.88 bits per heavy atom. The van der Waals surface area contributed by atoms with Gasteiger partial charge in [0.1, 0.15) is 5.75 Å². The predicted octanol–water partition coefficient (Wildman–Crippen LogP) is 5.34. The van der Waals surface area contributed by atoms with Crippen molar-refractivity contribution in [1.29, 1.82) is 0 Å². The average Bonchev–Trinajstić information content (AvgIpc) is 2.62. The van der Waals surface area contributed by atoms with Gasteiger partial charge in [-0.25, -0.2) is 0 Å². The highest BCUT2D eigenvalue weighted by atomic mass is 79.9. The molecule has 0 amide bonds. The molecule has 1 saturated heterocycles. The standard InChI is InChI=1S/C23H29NO.BrH/c1-18-14-21-17-23(16-18,20-8-5-9-22(25)15-20)11-13-24(21)12-10-19-6-3-2-4-7-19;/h2-9,15,18,21,25H,10-14,16-17H2,1H3;1H/t18-,21+,23-;/m0./s1. The fraction of sp³-hybridized carbons (Fsp3) is 0.478. The van der Waals surface area contributed by atoms with Crippen molar-refractivity contribution >= 4 is 17.0 Å². The fourth-order valence-electron chi connectivity index (χ4n) is 5.28. The van der Waals surface area contributed by atoms with E-state index in [1.165, 1.54) is 43.4 Å². The van der Waals surface area contributed by atoms with Gasteiger partial charge in [-0.3, -0.25) is 4.90 Å². The van der Waals surface area contributed by atoms with Gasteiger partial charge >= 0.3 is 0 Å². The second-order valence-corrected chi connectivity index (χ2v) is 8.26. The van der Waals surface area contributed by atoms with E-state index >= 15 is 0 Å². The van der Waals surface area contributed by atoms with Crippen LogP contribution in [-0.2, 0) is 11.8 Å². The Kier molecular flexibility index (Phi) is 6.09. The zero-order valence-electron chi connectivity index (χ0n) is 15.6. The van der Waals surface area contributed by atoms with E-state index in [0.29, 0.717) is 11.8 Å². The Labute approximate surface area is 168 Å². The lowest BCUT2D eigenvalue weighted by Gasteiger charge is -2.53. The number of benzene rings is 2. The van der Waals surface area contributed by atoms with Crippen LogP contribution in [0.2, 0.25) is 0 Å². The molecule has 3 atom stereocenters. The van der Waals surface area contributed by atoms with Crippen LogP contribution in [0.1, 0.15) is 43.7 Å². The number of nitrogens with zero attached hydrogens (tertiary/aromatic N) is 1. The van der Waals surface area contributed by atoms with Gasteiger partial charge in [0.15, 0.2) is 0 Å². The second kappa shape index (κ2) is 8.14. The number of halogens is 1. The lowest BCUT2D eigenvalue weighted by atomic mass is 9.60. The van der Waals surface area contributed by atoms with Crippen LogP contribution in [0, 0.1) is 5.92 Å². The molecule has 0 unspecified atom stereocenters. The zero-order chi connectivity index (χ0) is 17.3. The highest BCUT2D eigenvalue weighted by molar-refractivity contribution is 8.93. The molecule has 0 spiro atoms. The minimum absolute atomic E-state index is 0. The van der Waals surface area contributed by atoms with E-state index in [1.807, 2.05) is 12.1 Å². The summed E-state index contributed by atoms with van der Waals surface area (Å²) >= 11 is 0. The Bertz CT molecular complexity index is 719. The van der Waals surface area contributed by atoms with Crippen molar-refractivity contribution in [2.75, 3.05) is 13.1 Å². The van der Waals surface area contributed by atoms with E-state index in [9.17, 15) is 5.11 Å². The fourth-order valence-corrected chi connectivity index (χ4v) is 5.28. The summed E-state index contributed by atoms with van der Waals surface area (Å²) in [5.74, 6) is 1.16. The van der Waals surface area contributed by atoms with Gasteiger partial charge in [-0.1, -0.05) is 49.4 Å². The summed E-state index contributed by atoms with van der Waals surface area (Å²) in [5, 5.41) is 9.96. The third-order valence-electron chi connectivity index (χ3n) is 6.42. The van der Waals surface area contributed by atoms with Crippen LogP contribution in [0.3, 0.4) is 0 Å². The number of aromatic hydroxyl groups is 1. The van der Waals surface area contributed by atoms with Gasteiger partial charge in [0, 0.05) is 12.6 Å². The van der Waals surface area contributed by atoms with E-state index in [0.717, 1.165) is 18.9 Å². The number of hydrogen-bond acceptors (Lipinski definition) is 2. The van der Waals surface area contributed by atoms with E-state index in [-0.39, 0.29) is 22.4 Å². The Morgan fingerprint density at radius 1 is 1.08 bits per heavy atom. The molecule has 4 rings (SSSR count). The molecule has 2 aromatic rings. The van der Waals surface area contributed by atoms with Crippen LogP contribution in [0.25, 0.3) is 0 Å². The van der Waals surface area contributed by atoms with Crippen LogP contribution in [0.5, 0.6) is 5.75 Å². The van der Waals surface area contributed by atoms with Crippen molar-refractivity contribution in [1.82, 2.24) is 4.90 Å². The van der Waals surface area contributed by atoms with E-state index in [2.05, 4.69) is 48.2 Å². The highest BCUT2D eigenvalue weighted by Crippen LogP contribution is 2.49. The Balaban J connectivity index is 0.00000196. The molecule has 2 fully saturated rings. The number of phenolic OH excluding ortho intramolecular Hbond substituents is 1. The molecule has 1 saturated carbocycles. The largest absolute Gasteiger partial charge is 0.508 e.